The van der Waals surface area contributed by atoms with E-state index >= 15 is 0 Å². The highest BCUT2D eigenvalue weighted by Crippen LogP contribution is 2.23. The van der Waals surface area contributed by atoms with Crippen LogP contribution in [-0.4, -0.2) is 11.9 Å². The molecule has 4 heteroatoms. The molecule has 0 fully saturated rings. The van der Waals surface area contributed by atoms with Gasteiger partial charge in [0.05, 0.1) is 4.88 Å². The predicted molar refractivity (Wildman–Crippen MR) is 117 cm³/mol. The number of quaternary nitrogens is 1. The Hall–Kier alpha value is -2.95. The Balaban J connectivity index is 1.50. The first kappa shape index (κ1) is 18.4. The van der Waals surface area contributed by atoms with E-state index < -0.39 is 0 Å². The van der Waals surface area contributed by atoms with Gasteiger partial charge in [-0.25, -0.2) is 0 Å². The van der Waals surface area contributed by atoms with Gasteiger partial charge >= 0.3 is 0 Å². The van der Waals surface area contributed by atoms with E-state index in [2.05, 4.69) is 52.4 Å². The molecule has 0 bridgehead atoms. The number of nitrogens with two attached hydrogens (primary N) is 1. The molecule has 0 radical (unpaired) electrons. The maximum absolute atomic E-state index is 12.8. The highest BCUT2D eigenvalue weighted by Gasteiger charge is 2.25. The number of benzene rings is 3. The molecule has 0 spiro atoms. The molecule has 140 valence electrons. The van der Waals surface area contributed by atoms with E-state index in [0.717, 1.165) is 11.1 Å². The van der Waals surface area contributed by atoms with Crippen LogP contribution in [0.25, 0.3) is 10.8 Å². The van der Waals surface area contributed by atoms with Crippen LogP contribution in [0.3, 0.4) is 0 Å². The summed E-state index contributed by atoms with van der Waals surface area (Å²) in [7, 11) is 0. The number of anilines is 1. The Bertz CT molecular complexity index is 1060. The van der Waals surface area contributed by atoms with Crippen molar-refractivity contribution >= 4 is 33.7 Å². The van der Waals surface area contributed by atoms with Crippen molar-refractivity contribution in [3.05, 3.63) is 101 Å². The van der Waals surface area contributed by atoms with Gasteiger partial charge in [-0.1, -0.05) is 66.7 Å². The normalized spacial score (nSPS) is 13.2. The molecule has 1 heterocycles. The molecule has 0 saturated heterocycles. The van der Waals surface area contributed by atoms with E-state index in [0.29, 0.717) is 0 Å². The zero-order valence-electron chi connectivity index (χ0n) is 15.7. The number of rotatable bonds is 6. The van der Waals surface area contributed by atoms with Crippen LogP contribution >= 0.6 is 11.3 Å². The van der Waals surface area contributed by atoms with Crippen molar-refractivity contribution in [1.82, 2.24) is 0 Å². The third-order valence-electron chi connectivity index (χ3n) is 4.92. The van der Waals surface area contributed by atoms with Gasteiger partial charge in [0.25, 0.3) is 5.91 Å². The van der Waals surface area contributed by atoms with E-state index in [1.165, 1.54) is 15.8 Å². The number of carbonyl (C=O) groups is 1. The van der Waals surface area contributed by atoms with Gasteiger partial charge in [-0.2, -0.15) is 0 Å². The van der Waals surface area contributed by atoms with Crippen molar-refractivity contribution in [2.24, 2.45) is 0 Å². The summed E-state index contributed by atoms with van der Waals surface area (Å²) in [4.78, 5) is 14.1. The second kappa shape index (κ2) is 8.38. The monoisotopic (exact) mass is 387 g/mol. The highest BCUT2D eigenvalue weighted by atomic mass is 32.1. The lowest BCUT2D eigenvalue weighted by Gasteiger charge is -2.19. The summed E-state index contributed by atoms with van der Waals surface area (Å²) in [5.74, 6) is 0.00719. The largest absolute Gasteiger partial charge is 0.326 e. The quantitative estimate of drug-likeness (QED) is 0.500. The molecule has 28 heavy (non-hydrogen) atoms. The summed E-state index contributed by atoms with van der Waals surface area (Å²) in [5.41, 5.74) is 2.03. The van der Waals surface area contributed by atoms with Crippen LogP contribution in [-0.2, 0) is 4.79 Å². The minimum absolute atomic E-state index is 0.00719. The van der Waals surface area contributed by atoms with Crippen molar-refractivity contribution in [3.63, 3.8) is 0 Å². The zero-order chi connectivity index (χ0) is 19.3. The zero-order valence-corrected chi connectivity index (χ0v) is 16.5. The van der Waals surface area contributed by atoms with Crippen molar-refractivity contribution in [1.29, 1.82) is 0 Å². The maximum atomic E-state index is 12.8. The van der Waals surface area contributed by atoms with Crippen molar-refractivity contribution in [3.8, 4) is 0 Å². The number of amides is 1. The van der Waals surface area contributed by atoms with Gasteiger partial charge in [0.15, 0.2) is 6.04 Å². The second-order valence-corrected chi connectivity index (χ2v) is 7.92. The molecule has 3 N–H and O–H groups in total. The summed E-state index contributed by atoms with van der Waals surface area (Å²) in [6, 6.07) is 28.6. The number of carbonyl (C=O) groups excluding carboxylic acids is 1. The SMILES string of the molecule is C[C@H]([NH2+][C@@H](c1ccccc1)c1cccs1)C(=O)Nc1ccc2ccccc2c1. The molecule has 3 aromatic carbocycles. The summed E-state index contributed by atoms with van der Waals surface area (Å²) < 4.78 is 0. The van der Waals surface area contributed by atoms with Crippen LogP contribution in [0, 0.1) is 0 Å². The number of hydrogen-bond acceptors (Lipinski definition) is 2. The van der Waals surface area contributed by atoms with Crippen LogP contribution < -0.4 is 10.6 Å². The van der Waals surface area contributed by atoms with Crippen LogP contribution in [0.5, 0.6) is 0 Å². The Morgan fingerprint density at radius 3 is 2.39 bits per heavy atom. The predicted octanol–water partition coefficient (Wildman–Crippen LogP) is 4.58. The fourth-order valence-electron chi connectivity index (χ4n) is 3.40. The molecule has 1 aromatic heterocycles. The minimum Gasteiger partial charge on any atom is -0.326 e. The van der Waals surface area contributed by atoms with Gasteiger partial charge in [-0.15, -0.1) is 11.3 Å². The lowest BCUT2D eigenvalue weighted by molar-refractivity contribution is -0.703. The summed E-state index contributed by atoms with van der Waals surface area (Å²) in [5, 5.41) is 9.58. The molecular formula is C24H23N2OS+. The third-order valence-corrected chi connectivity index (χ3v) is 5.88. The minimum atomic E-state index is -0.223. The smallest absolute Gasteiger partial charge is 0.282 e. The van der Waals surface area contributed by atoms with Gasteiger partial charge in [0.1, 0.15) is 6.04 Å². The van der Waals surface area contributed by atoms with Crippen LogP contribution in [0.15, 0.2) is 90.3 Å². The highest BCUT2D eigenvalue weighted by molar-refractivity contribution is 7.10. The van der Waals surface area contributed by atoms with E-state index in [9.17, 15) is 4.79 Å². The molecule has 2 atom stereocenters. The number of hydrogen-bond donors (Lipinski definition) is 2. The van der Waals surface area contributed by atoms with Crippen molar-refractivity contribution in [2.75, 3.05) is 5.32 Å². The Kier molecular flexibility index (Phi) is 5.51. The maximum Gasteiger partial charge on any atom is 0.282 e. The average molecular weight is 388 g/mol. The van der Waals surface area contributed by atoms with Crippen LogP contribution in [0.1, 0.15) is 23.4 Å². The topological polar surface area (TPSA) is 45.7 Å². The first-order valence-electron chi connectivity index (χ1n) is 9.44. The number of fused-ring (bicyclic) bond motifs is 1. The third kappa shape index (κ3) is 4.14. The Morgan fingerprint density at radius 2 is 1.64 bits per heavy atom. The van der Waals surface area contributed by atoms with Crippen LogP contribution in [0.2, 0.25) is 0 Å². The van der Waals surface area contributed by atoms with Crippen LogP contribution in [0.4, 0.5) is 5.69 Å². The first-order chi connectivity index (χ1) is 13.7. The Morgan fingerprint density at radius 1 is 0.893 bits per heavy atom. The van der Waals surface area contributed by atoms with Crippen molar-refractivity contribution < 1.29 is 10.1 Å². The van der Waals surface area contributed by atoms with Gasteiger partial charge in [0, 0.05) is 11.3 Å². The number of thiophene rings is 1. The molecule has 0 aliphatic rings. The lowest BCUT2D eigenvalue weighted by atomic mass is 10.0. The molecule has 0 unspecified atom stereocenters. The fraction of sp³-hybridized carbons (Fsp3) is 0.125. The van der Waals surface area contributed by atoms with Crippen molar-refractivity contribution in [2.45, 2.75) is 19.0 Å². The second-order valence-electron chi connectivity index (χ2n) is 6.94. The molecule has 4 rings (SSSR count). The molecular weight excluding hydrogens is 364 g/mol. The lowest BCUT2D eigenvalue weighted by Crippen LogP contribution is -2.92. The van der Waals surface area contributed by atoms with E-state index in [-0.39, 0.29) is 18.0 Å². The average Bonchev–Trinajstić information content (AvgIpc) is 3.27. The molecule has 1 amide bonds. The van der Waals surface area contributed by atoms with Gasteiger partial charge < -0.3 is 10.6 Å². The standard InChI is InChI=1S/C24H22N2OS/c1-17(24(27)26-21-14-13-18-8-5-6-11-20(18)16-21)25-23(22-12-7-15-28-22)19-9-3-2-4-10-19/h2-17,23,25H,1H3,(H,26,27)/p+1/t17-,23-/m0/s1. The molecule has 0 aliphatic heterocycles. The van der Waals surface area contributed by atoms with Gasteiger partial charge in [-0.05, 0) is 41.3 Å². The molecule has 0 saturated carbocycles. The molecule has 0 aliphatic carbocycles. The first-order valence-corrected chi connectivity index (χ1v) is 10.3. The van der Waals surface area contributed by atoms with E-state index in [1.54, 1.807) is 11.3 Å². The molecule has 4 aromatic rings. The summed E-state index contributed by atoms with van der Waals surface area (Å²) in [6.45, 7) is 1.96. The Labute approximate surface area is 169 Å². The summed E-state index contributed by atoms with van der Waals surface area (Å²) >= 11 is 1.72. The van der Waals surface area contributed by atoms with E-state index in [4.69, 9.17) is 0 Å². The van der Waals surface area contributed by atoms with Gasteiger partial charge in [-0.3, -0.25) is 4.79 Å². The number of nitrogens with one attached hydrogen (secondary N) is 1. The van der Waals surface area contributed by atoms with E-state index in [1.807, 2.05) is 55.5 Å². The molecule has 3 nitrogen and oxygen atoms in total. The van der Waals surface area contributed by atoms with Gasteiger partial charge in [0.2, 0.25) is 0 Å². The fourth-order valence-corrected chi connectivity index (χ4v) is 4.23. The summed E-state index contributed by atoms with van der Waals surface area (Å²) in [6.07, 6.45) is 0.